The Labute approximate surface area is 228 Å². The average Bonchev–Trinajstić information content (AvgIpc) is 3.52. The van der Waals surface area contributed by atoms with E-state index in [-0.39, 0.29) is 22.8 Å². The molecule has 11 heteroatoms. The SMILES string of the molecule is CC(C)[C@@H]1Cc2c(sc3c2c(=O)n(Cc2ccccc2)c2nnc(S[C@H](C)C(=O)N4CCOCC4)n32)CO1. The van der Waals surface area contributed by atoms with E-state index in [0.29, 0.717) is 62.7 Å². The molecule has 0 radical (unpaired) electrons. The predicted octanol–water partition coefficient (Wildman–Crippen LogP) is 3.59. The summed E-state index contributed by atoms with van der Waals surface area (Å²) in [5.41, 5.74) is 2.03. The summed E-state index contributed by atoms with van der Waals surface area (Å²) in [6.45, 7) is 9.40. The van der Waals surface area contributed by atoms with Crippen molar-refractivity contribution in [2.75, 3.05) is 26.3 Å². The number of amides is 1. The van der Waals surface area contributed by atoms with Crippen molar-refractivity contribution in [3.63, 3.8) is 0 Å². The third-order valence-corrected chi connectivity index (χ3v) is 9.53. The number of fused-ring (bicyclic) bond motifs is 5. The van der Waals surface area contributed by atoms with E-state index in [1.807, 2.05) is 46.6 Å². The molecule has 4 aromatic rings. The molecule has 5 heterocycles. The van der Waals surface area contributed by atoms with Crippen LogP contribution in [0.15, 0.2) is 40.3 Å². The zero-order valence-corrected chi connectivity index (χ0v) is 23.4. The van der Waals surface area contributed by atoms with Crippen LogP contribution in [0.5, 0.6) is 0 Å². The van der Waals surface area contributed by atoms with Gasteiger partial charge in [-0.3, -0.25) is 14.2 Å². The lowest BCUT2D eigenvalue weighted by molar-refractivity contribution is -0.134. The van der Waals surface area contributed by atoms with Gasteiger partial charge in [0.15, 0.2) is 5.16 Å². The molecule has 0 bridgehead atoms. The van der Waals surface area contributed by atoms with Gasteiger partial charge in [-0.25, -0.2) is 4.40 Å². The summed E-state index contributed by atoms with van der Waals surface area (Å²) in [4.78, 5) is 31.0. The van der Waals surface area contributed by atoms with Gasteiger partial charge in [0.1, 0.15) is 4.83 Å². The lowest BCUT2D eigenvalue weighted by atomic mass is 9.96. The van der Waals surface area contributed by atoms with Crippen molar-refractivity contribution in [2.45, 2.75) is 56.9 Å². The molecule has 3 aromatic heterocycles. The Kier molecular flexibility index (Phi) is 7.02. The Morgan fingerprint density at radius 1 is 1.16 bits per heavy atom. The van der Waals surface area contributed by atoms with Crippen LogP contribution in [0.25, 0.3) is 16.0 Å². The molecule has 9 nitrogen and oxygen atoms in total. The number of benzene rings is 1. The van der Waals surface area contributed by atoms with Crippen molar-refractivity contribution in [1.29, 1.82) is 0 Å². The van der Waals surface area contributed by atoms with Crippen molar-refractivity contribution < 1.29 is 14.3 Å². The normalized spacial score (nSPS) is 18.8. The van der Waals surface area contributed by atoms with Crippen LogP contribution in [0.2, 0.25) is 0 Å². The minimum absolute atomic E-state index is 0.0559. The first kappa shape index (κ1) is 25.5. The van der Waals surface area contributed by atoms with E-state index in [1.54, 1.807) is 15.9 Å². The molecule has 0 saturated carbocycles. The Morgan fingerprint density at radius 2 is 1.92 bits per heavy atom. The van der Waals surface area contributed by atoms with E-state index >= 15 is 0 Å². The minimum Gasteiger partial charge on any atom is -0.378 e. The van der Waals surface area contributed by atoms with Gasteiger partial charge in [0, 0.05) is 24.4 Å². The maximum Gasteiger partial charge on any atom is 0.264 e. The second kappa shape index (κ2) is 10.4. The third kappa shape index (κ3) is 4.55. The van der Waals surface area contributed by atoms with Crippen LogP contribution in [0.3, 0.4) is 0 Å². The van der Waals surface area contributed by atoms with Crippen molar-refractivity contribution in [1.82, 2.24) is 24.1 Å². The number of thioether (sulfide) groups is 1. The van der Waals surface area contributed by atoms with Gasteiger partial charge < -0.3 is 14.4 Å². The topological polar surface area (TPSA) is 91.0 Å². The minimum atomic E-state index is -0.353. The van der Waals surface area contributed by atoms with E-state index in [9.17, 15) is 9.59 Å². The molecule has 2 aliphatic rings. The number of carbonyl (C=O) groups is 1. The summed E-state index contributed by atoms with van der Waals surface area (Å²) in [7, 11) is 0. The molecule has 1 fully saturated rings. The Hall–Kier alpha value is -2.73. The first-order valence-electron chi connectivity index (χ1n) is 13.0. The van der Waals surface area contributed by atoms with Crippen molar-refractivity contribution in [3.8, 4) is 0 Å². The smallest absolute Gasteiger partial charge is 0.264 e. The van der Waals surface area contributed by atoms with Crippen LogP contribution in [0.1, 0.15) is 36.8 Å². The fourth-order valence-corrected chi connectivity index (χ4v) is 7.39. The molecule has 2 aliphatic heterocycles. The van der Waals surface area contributed by atoms with Gasteiger partial charge in [-0.2, -0.15) is 0 Å². The molecule has 200 valence electrons. The number of hydrogen-bond donors (Lipinski definition) is 0. The molecular formula is C27H31N5O4S2. The van der Waals surface area contributed by atoms with E-state index < -0.39 is 0 Å². The lowest BCUT2D eigenvalue weighted by Crippen LogP contribution is -2.44. The first-order chi connectivity index (χ1) is 18.4. The molecule has 6 rings (SSSR count). The third-order valence-electron chi connectivity index (χ3n) is 7.31. The molecular weight excluding hydrogens is 522 g/mol. The number of morpholine rings is 1. The van der Waals surface area contributed by atoms with E-state index in [2.05, 4.69) is 24.0 Å². The van der Waals surface area contributed by atoms with Crippen LogP contribution in [0.4, 0.5) is 0 Å². The second-order valence-corrected chi connectivity index (χ2v) is 12.6. The standard InChI is InChI=1S/C27H31N5O4S2/c1-16(2)20-13-19-21(15-36-20)38-25-22(19)24(34)31(14-18-7-5-4-6-8-18)26-28-29-27(32(25)26)37-17(3)23(33)30-9-11-35-12-10-30/h4-8,16-17,20H,9-15H2,1-3H3/t17-,20+/m1/s1. The highest BCUT2D eigenvalue weighted by atomic mass is 32.2. The maximum atomic E-state index is 14.1. The molecule has 38 heavy (non-hydrogen) atoms. The van der Waals surface area contributed by atoms with E-state index in [4.69, 9.17) is 9.47 Å². The van der Waals surface area contributed by atoms with Crippen LogP contribution in [-0.2, 0) is 33.8 Å². The molecule has 0 aliphatic carbocycles. The number of aromatic nitrogens is 4. The predicted molar refractivity (Wildman–Crippen MR) is 148 cm³/mol. The first-order valence-corrected chi connectivity index (χ1v) is 14.7. The second-order valence-electron chi connectivity index (χ2n) is 10.2. The summed E-state index contributed by atoms with van der Waals surface area (Å²) in [5.74, 6) is 0.892. The molecule has 1 amide bonds. The molecule has 0 spiro atoms. The van der Waals surface area contributed by atoms with E-state index in [1.165, 1.54) is 11.8 Å². The van der Waals surface area contributed by atoms with Crippen LogP contribution >= 0.6 is 23.1 Å². The molecule has 0 unspecified atom stereocenters. The largest absolute Gasteiger partial charge is 0.378 e. The van der Waals surface area contributed by atoms with Gasteiger partial charge in [-0.15, -0.1) is 21.5 Å². The quantitative estimate of drug-likeness (QED) is 0.337. The van der Waals surface area contributed by atoms with Crippen molar-refractivity contribution >= 4 is 45.0 Å². The maximum absolute atomic E-state index is 14.1. The average molecular weight is 554 g/mol. The van der Waals surface area contributed by atoms with Crippen LogP contribution in [0, 0.1) is 5.92 Å². The summed E-state index contributed by atoms with van der Waals surface area (Å²) in [5, 5.41) is 9.96. The Bertz CT molecular complexity index is 1540. The number of ether oxygens (including phenoxy) is 2. The highest BCUT2D eigenvalue weighted by Crippen LogP contribution is 2.37. The van der Waals surface area contributed by atoms with Crippen LogP contribution in [-0.4, -0.2) is 67.6 Å². The van der Waals surface area contributed by atoms with Gasteiger partial charge in [0.05, 0.1) is 43.1 Å². The highest BCUT2D eigenvalue weighted by Gasteiger charge is 2.31. The Balaban J connectivity index is 1.48. The van der Waals surface area contributed by atoms with Crippen molar-refractivity contribution in [2.24, 2.45) is 5.92 Å². The number of thiophene rings is 1. The summed E-state index contributed by atoms with van der Waals surface area (Å²) in [6, 6.07) is 9.92. The van der Waals surface area contributed by atoms with Gasteiger partial charge in [0.25, 0.3) is 5.56 Å². The summed E-state index contributed by atoms with van der Waals surface area (Å²) >= 11 is 2.96. The lowest BCUT2D eigenvalue weighted by Gasteiger charge is -2.28. The fourth-order valence-electron chi connectivity index (χ4n) is 5.15. The van der Waals surface area contributed by atoms with Crippen LogP contribution < -0.4 is 5.56 Å². The van der Waals surface area contributed by atoms with Gasteiger partial charge in [-0.05, 0) is 24.0 Å². The summed E-state index contributed by atoms with van der Waals surface area (Å²) < 4.78 is 15.2. The Morgan fingerprint density at radius 3 is 2.66 bits per heavy atom. The number of carbonyl (C=O) groups excluding carboxylic acids is 1. The summed E-state index contributed by atoms with van der Waals surface area (Å²) in [6.07, 6.45) is 0.772. The monoisotopic (exact) mass is 553 g/mol. The number of rotatable bonds is 6. The fraction of sp³-hybridized carbons (Fsp3) is 0.481. The van der Waals surface area contributed by atoms with Crippen molar-refractivity contribution in [3.05, 3.63) is 56.7 Å². The molecule has 1 aromatic carbocycles. The molecule has 2 atom stereocenters. The highest BCUT2D eigenvalue weighted by molar-refractivity contribution is 8.00. The molecule has 0 N–H and O–H groups in total. The van der Waals surface area contributed by atoms with Gasteiger partial charge in [-0.1, -0.05) is 55.9 Å². The van der Waals surface area contributed by atoms with Gasteiger partial charge in [0.2, 0.25) is 11.7 Å². The van der Waals surface area contributed by atoms with Gasteiger partial charge >= 0.3 is 0 Å². The zero-order valence-electron chi connectivity index (χ0n) is 21.8. The number of nitrogens with zero attached hydrogens (tertiary/aromatic N) is 5. The number of hydrogen-bond acceptors (Lipinski definition) is 8. The van der Waals surface area contributed by atoms with E-state index in [0.717, 1.165) is 26.2 Å². The molecule has 1 saturated heterocycles. The zero-order chi connectivity index (χ0) is 26.4.